The minimum atomic E-state index is 0.126. The fourth-order valence-electron chi connectivity index (χ4n) is 2.53. The Kier molecular flexibility index (Phi) is 4.56. The summed E-state index contributed by atoms with van der Waals surface area (Å²) in [7, 11) is 0. The van der Waals surface area contributed by atoms with Gasteiger partial charge in [0.2, 0.25) is 5.91 Å². The largest absolute Gasteiger partial charge is 0.396 e. The fourth-order valence-corrected chi connectivity index (χ4v) is 2.53. The molecule has 0 bridgehead atoms. The highest BCUT2D eigenvalue weighted by molar-refractivity contribution is 6.01. The van der Waals surface area contributed by atoms with Crippen molar-refractivity contribution in [3.63, 3.8) is 0 Å². The molecule has 19 heavy (non-hydrogen) atoms. The van der Waals surface area contributed by atoms with Gasteiger partial charge in [0.25, 0.3) is 0 Å². The summed E-state index contributed by atoms with van der Waals surface area (Å²) in [6.45, 7) is 3.39. The first-order chi connectivity index (χ1) is 9.19. The van der Waals surface area contributed by atoms with Gasteiger partial charge >= 0.3 is 0 Å². The molecule has 1 unspecified atom stereocenters. The summed E-state index contributed by atoms with van der Waals surface area (Å²) in [5, 5.41) is 9.28. The molecule has 0 aromatic heterocycles. The van der Waals surface area contributed by atoms with Crippen LogP contribution in [0.1, 0.15) is 24.5 Å². The SMILES string of the molecule is CCC(CO)CN1C(=O)Cc2cc(CCN)ccc21. The van der Waals surface area contributed by atoms with Gasteiger partial charge < -0.3 is 15.7 Å². The Morgan fingerprint density at radius 3 is 2.89 bits per heavy atom. The molecule has 0 fully saturated rings. The fraction of sp³-hybridized carbons (Fsp3) is 0.533. The van der Waals surface area contributed by atoms with Crippen LogP contribution in [-0.4, -0.2) is 30.7 Å². The van der Waals surface area contributed by atoms with Crippen LogP contribution in [0.2, 0.25) is 0 Å². The lowest BCUT2D eigenvalue weighted by Gasteiger charge is -2.22. The standard InChI is InChI=1S/C15H22N2O2/c1-2-11(10-18)9-17-14-4-3-12(5-6-16)7-13(14)8-15(17)19/h3-4,7,11,18H,2,5-6,8-10,16H2,1H3. The number of carbonyl (C=O) groups is 1. The molecular weight excluding hydrogens is 240 g/mol. The second-order valence-electron chi connectivity index (χ2n) is 5.14. The molecule has 1 aliphatic rings. The van der Waals surface area contributed by atoms with Gasteiger partial charge in [-0.15, -0.1) is 0 Å². The van der Waals surface area contributed by atoms with E-state index in [0.29, 0.717) is 19.5 Å². The van der Waals surface area contributed by atoms with E-state index in [0.717, 1.165) is 24.1 Å². The number of nitrogens with zero attached hydrogens (tertiary/aromatic N) is 1. The van der Waals surface area contributed by atoms with Crippen LogP contribution in [0, 0.1) is 5.92 Å². The van der Waals surface area contributed by atoms with E-state index in [4.69, 9.17) is 5.73 Å². The maximum absolute atomic E-state index is 12.1. The topological polar surface area (TPSA) is 66.6 Å². The van der Waals surface area contributed by atoms with Crippen molar-refractivity contribution in [2.24, 2.45) is 11.7 Å². The number of nitrogens with two attached hydrogens (primary N) is 1. The van der Waals surface area contributed by atoms with Gasteiger partial charge in [-0.25, -0.2) is 0 Å². The van der Waals surface area contributed by atoms with Crippen molar-refractivity contribution in [1.29, 1.82) is 0 Å². The van der Waals surface area contributed by atoms with Crippen molar-refractivity contribution in [2.45, 2.75) is 26.2 Å². The number of carbonyl (C=O) groups excluding carboxylic acids is 1. The van der Waals surface area contributed by atoms with Gasteiger partial charge in [0.1, 0.15) is 0 Å². The molecule has 3 N–H and O–H groups in total. The molecule has 0 radical (unpaired) electrons. The number of hydrogen-bond donors (Lipinski definition) is 2. The monoisotopic (exact) mass is 262 g/mol. The van der Waals surface area contributed by atoms with Crippen molar-refractivity contribution >= 4 is 11.6 Å². The normalized spacial score (nSPS) is 15.7. The molecule has 2 rings (SSSR count). The zero-order valence-corrected chi connectivity index (χ0v) is 11.4. The molecule has 1 aromatic carbocycles. The summed E-state index contributed by atoms with van der Waals surface area (Å²) in [6.07, 6.45) is 2.19. The Hall–Kier alpha value is -1.39. The lowest BCUT2D eigenvalue weighted by Crippen LogP contribution is -2.33. The lowest BCUT2D eigenvalue weighted by atomic mass is 10.1. The molecule has 0 saturated heterocycles. The van der Waals surface area contributed by atoms with E-state index in [1.165, 1.54) is 5.56 Å². The first-order valence-corrected chi connectivity index (χ1v) is 6.92. The maximum atomic E-state index is 12.1. The van der Waals surface area contributed by atoms with Crippen LogP contribution in [0.15, 0.2) is 18.2 Å². The summed E-state index contributed by atoms with van der Waals surface area (Å²) in [4.78, 5) is 13.9. The molecular formula is C15H22N2O2. The van der Waals surface area contributed by atoms with Gasteiger partial charge in [-0.2, -0.15) is 0 Å². The van der Waals surface area contributed by atoms with Crippen LogP contribution < -0.4 is 10.6 Å². The van der Waals surface area contributed by atoms with Crippen LogP contribution in [0.4, 0.5) is 5.69 Å². The van der Waals surface area contributed by atoms with Crippen LogP contribution in [0.3, 0.4) is 0 Å². The zero-order chi connectivity index (χ0) is 13.8. The van der Waals surface area contributed by atoms with Crippen molar-refractivity contribution in [2.75, 3.05) is 24.6 Å². The first-order valence-electron chi connectivity index (χ1n) is 6.92. The Bertz CT molecular complexity index is 455. The third-order valence-electron chi connectivity index (χ3n) is 3.79. The number of aliphatic hydroxyl groups excluding tert-OH is 1. The highest BCUT2D eigenvalue weighted by Crippen LogP contribution is 2.30. The number of rotatable bonds is 6. The highest BCUT2D eigenvalue weighted by atomic mass is 16.3. The molecule has 4 nitrogen and oxygen atoms in total. The Morgan fingerprint density at radius 1 is 1.47 bits per heavy atom. The van der Waals surface area contributed by atoms with E-state index in [1.54, 1.807) is 0 Å². The van der Waals surface area contributed by atoms with E-state index in [9.17, 15) is 9.90 Å². The summed E-state index contributed by atoms with van der Waals surface area (Å²) < 4.78 is 0. The van der Waals surface area contributed by atoms with Crippen molar-refractivity contribution < 1.29 is 9.90 Å². The van der Waals surface area contributed by atoms with Crippen molar-refractivity contribution in [3.8, 4) is 0 Å². The molecule has 104 valence electrons. The number of hydrogen-bond acceptors (Lipinski definition) is 3. The Morgan fingerprint density at radius 2 is 2.26 bits per heavy atom. The second kappa shape index (κ2) is 6.17. The molecule has 0 spiro atoms. The summed E-state index contributed by atoms with van der Waals surface area (Å²) in [6, 6.07) is 6.13. The van der Waals surface area contributed by atoms with Crippen molar-refractivity contribution in [3.05, 3.63) is 29.3 Å². The number of anilines is 1. The van der Waals surface area contributed by atoms with Crippen molar-refractivity contribution in [1.82, 2.24) is 0 Å². The van der Waals surface area contributed by atoms with Crippen LogP contribution in [0.25, 0.3) is 0 Å². The van der Waals surface area contributed by atoms with Crippen LogP contribution >= 0.6 is 0 Å². The molecule has 0 saturated carbocycles. The van der Waals surface area contributed by atoms with E-state index < -0.39 is 0 Å². The molecule has 4 heteroatoms. The quantitative estimate of drug-likeness (QED) is 0.806. The number of benzene rings is 1. The first kappa shape index (κ1) is 14.0. The summed E-state index contributed by atoms with van der Waals surface area (Å²) in [5.74, 6) is 0.283. The van der Waals surface area contributed by atoms with E-state index >= 15 is 0 Å². The smallest absolute Gasteiger partial charge is 0.231 e. The molecule has 1 heterocycles. The van der Waals surface area contributed by atoms with Gasteiger partial charge in [0.15, 0.2) is 0 Å². The van der Waals surface area contributed by atoms with Gasteiger partial charge in [-0.3, -0.25) is 4.79 Å². The molecule has 1 atom stereocenters. The lowest BCUT2D eigenvalue weighted by molar-refractivity contribution is -0.117. The predicted molar refractivity (Wildman–Crippen MR) is 76.1 cm³/mol. The minimum absolute atomic E-state index is 0.126. The van der Waals surface area contributed by atoms with E-state index in [2.05, 4.69) is 6.07 Å². The van der Waals surface area contributed by atoms with Gasteiger partial charge in [-0.1, -0.05) is 19.1 Å². The maximum Gasteiger partial charge on any atom is 0.231 e. The van der Waals surface area contributed by atoms with Gasteiger partial charge in [0, 0.05) is 18.8 Å². The number of aliphatic hydroxyl groups is 1. The molecule has 1 aromatic rings. The van der Waals surface area contributed by atoms with Gasteiger partial charge in [0.05, 0.1) is 6.42 Å². The third-order valence-corrected chi connectivity index (χ3v) is 3.79. The predicted octanol–water partition coefficient (Wildman–Crippen LogP) is 1.10. The zero-order valence-electron chi connectivity index (χ0n) is 11.4. The average Bonchev–Trinajstić information content (AvgIpc) is 2.71. The Balaban J connectivity index is 2.19. The molecule has 0 aliphatic carbocycles. The van der Waals surface area contributed by atoms with E-state index in [1.807, 2.05) is 24.0 Å². The minimum Gasteiger partial charge on any atom is -0.396 e. The number of amides is 1. The van der Waals surface area contributed by atoms with Crippen LogP contribution in [-0.2, 0) is 17.6 Å². The second-order valence-corrected chi connectivity index (χ2v) is 5.14. The highest BCUT2D eigenvalue weighted by Gasteiger charge is 2.28. The number of fused-ring (bicyclic) bond motifs is 1. The van der Waals surface area contributed by atoms with Gasteiger partial charge in [-0.05, 0) is 42.5 Å². The molecule has 1 aliphatic heterocycles. The average molecular weight is 262 g/mol. The summed E-state index contributed by atoms with van der Waals surface area (Å²) in [5.41, 5.74) is 8.83. The Labute approximate surface area is 114 Å². The van der Waals surface area contributed by atoms with E-state index in [-0.39, 0.29) is 18.4 Å². The summed E-state index contributed by atoms with van der Waals surface area (Å²) >= 11 is 0. The van der Waals surface area contributed by atoms with Crippen LogP contribution in [0.5, 0.6) is 0 Å². The third kappa shape index (κ3) is 2.96. The molecule has 1 amide bonds.